The van der Waals surface area contributed by atoms with Gasteiger partial charge in [0.05, 0.1) is 23.4 Å². The van der Waals surface area contributed by atoms with Crippen molar-refractivity contribution in [3.8, 4) is 17.2 Å². The topological polar surface area (TPSA) is 40.0 Å². The zero-order valence-corrected chi connectivity index (χ0v) is 19.2. The van der Waals surface area contributed by atoms with Gasteiger partial charge in [0.2, 0.25) is 0 Å². The molecule has 0 saturated heterocycles. The lowest BCUT2D eigenvalue weighted by atomic mass is 10.2. The largest absolute Gasteiger partial charge is 0.494 e. The molecular formula is C24H23BrClNO3. The van der Waals surface area contributed by atoms with Crippen LogP contribution in [0.4, 0.5) is 5.69 Å². The van der Waals surface area contributed by atoms with E-state index in [9.17, 15) is 0 Å². The number of rotatable bonds is 9. The molecule has 6 heteroatoms. The summed E-state index contributed by atoms with van der Waals surface area (Å²) in [4.78, 5) is 4.54. The quantitative estimate of drug-likeness (QED) is 0.298. The highest BCUT2D eigenvalue weighted by atomic mass is 79.9. The second kappa shape index (κ2) is 11.0. The summed E-state index contributed by atoms with van der Waals surface area (Å²) in [5.74, 6) is 2.15. The summed E-state index contributed by atoms with van der Waals surface area (Å²) in [7, 11) is 0. The number of benzene rings is 3. The Morgan fingerprint density at radius 1 is 0.900 bits per heavy atom. The van der Waals surface area contributed by atoms with Crippen LogP contribution in [0.1, 0.15) is 25.0 Å². The van der Waals surface area contributed by atoms with Crippen LogP contribution in [0, 0.1) is 0 Å². The fourth-order valence-corrected chi connectivity index (χ4v) is 3.45. The molecular weight excluding hydrogens is 466 g/mol. The minimum Gasteiger partial charge on any atom is -0.494 e. The molecule has 0 amide bonds. The van der Waals surface area contributed by atoms with Crippen LogP contribution in [0.3, 0.4) is 0 Å². The van der Waals surface area contributed by atoms with E-state index in [0.717, 1.165) is 27.0 Å². The van der Waals surface area contributed by atoms with Crippen LogP contribution < -0.4 is 14.2 Å². The van der Waals surface area contributed by atoms with Gasteiger partial charge in [0.15, 0.2) is 11.5 Å². The molecule has 0 atom stereocenters. The van der Waals surface area contributed by atoms with Crippen molar-refractivity contribution in [3.05, 3.63) is 81.3 Å². The van der Waals surface area contributed by atoms with E-state index < -0.39 is 0 Å². The van der Waals surface area contributed by atoms with Gasteiger partial charge in [-0.1, -0.05) is 23.7 Å². The van der Waals surface area contributed by atoms with Gasteiger partial charge in [-0.25, -0.2) is 0 Å². The minimum atomic E-state index is 0.412. The van der Waals surface area contributed by atoms with Crippen molar-refractivity contribution < 1.29 is 14.2 Å². The molecule has 0 saturated carbocycles. The summed E-state index contributed by atoms with van der Waals surface area (Å²) in [6.07, 6.45) is 1.80. The van der Waals surface area contributed by atoms with Crippen LogP contribution in [0.5, 0.6) is 17.2 Å². The zero-order valence-electron chi connectivity index (χ0n) is 16.9. The van der Waals surface area contributed by atoms with Gasteiger partial charge in [0, 0.05) is 11.2 Å². The smallest absolute Gasteiger partial charge is 0.175 e. The molecule has 0 fully saturated rings. The van der Waals surface area contributed by atoms with Crippen LogP contribution in [0.2, 0.25) is 5.02 Å². The lowest BCUT2D eigenvalue weighted by Crippen LogP contribution is -2.01. The van der Waals surface area contributed by atoms with Gasteiger partial charge in [-0.2, -0.15) is 0 Å². The average Bonchev–Trinajstić information content (AvgIpc) is 2.74. The van der Waals surface area contributed by atoms with Crippen LogP contribution in [-0.2, 0) is 6.61 Å². The summed E-state index contributed by atoms with van der Waals surface area (Å²) >= 11 is 9.55. The second-order valence-electron chi connectivity index (χ2n) is 6.36. The first kappa shape index (κ1) is 22.2. The number of nitrogens with zero attached hydrogens (tertiary/aromatic N) is 1. The van der Waals surface area contributed by atoms with Gasteiger partial charge in [-0.15, -0.1) is 0 Å². The van der Waals surface area contributed by atoms with Crippen molar-refractivity contribution in [2.45, 2.75) is 20.5 Å². The van der Waals surface area contributed by atoms with Crippen LogP contribution in [-0.4, -0.2) is 19.4 Å². The van der Waals surface area contributed by atoms with Crippen molar-refractivity contribution in [1.29, 1.82) is 0 Å². The number of ether oxygens (including phenoxy) is 3. The highest BCUT2D eigenvalue weighted by molar-refractivity contribution is 9.10. The third kappa shape index (κ3) is 6.25. The van der Waals surface area contributed by atoms with E-state index in [1.165, 1.54) is 0 Å². The van der Waals surface area contributed by atoms with E-state index in [4.69, 9.17) is 25.8 Å². The first-order valence-electron chi connectivity index (χ1n) is 9.69. The molecule has 30 heavy (non-hydrogen) atoms. The van der Waals surface area contributed by atoms with Crippen molar-refractivity contribution in [2.75, 3.05) is 13.2 Å². The molecule has 0 aromatic heterocycles. The molecule has 0 unspecified atom stereocenters. The van der Waals surface area contributed by atoms with E-state index >= 15 is 0 Å². The Hall–Kier alpha value is -2.50. The Morgan fingerprint density at radius 3 is 2.27 bits per heavy atom. The fraction of sp³-hybridized carbons (Fsp3) is 0.208. The molecule has 4 nitrogen and oxygen atoms in total. The third-order valence-electron chi connectivity index (χ3n) is 4.14. The predicted molar refractivity (Wildman–Crippen MR) is 126 cm³/mol. The highest BCUT2D eigenvalue weighted by Crippen LogP contribution is 2.37. The van der Waals surface area contributed by atoms with Gasteiger partial charge in [0.25, 0.3) is 0 Å². The summed E-state index contributed by atoms with van der Waals surface area (Å²) in [5.41, 5.74) is 2.77. The highest BCUT2D eigenvalue weighted by Gasteiger charge is 2.12. The number of halogens is 2. The van der Waals surface area contributed by atoms with Crippen molar-refractivity contribution >= 4 is 39.4 Å². The molecule has 0 radical (unpaired) electrons. The van der Waals surface area contributed by atoms with Crippen LogP contribution in [0.15, 0.2) is 70.1 Å². The van der Waals surface area contributed by atoms with Crippen molar-refractivity contribution in [2.24, 2.45) is 4.99 Å². The Labute approximate surface area is 190 Å². The van der Waals surface area contributed by atoms with Gasteiger partial charge in [-0.3, -0.25) is 4.99 Å². The fourth-order valence-electron chi connectivity index (χ4n) is 2.75. The Morgan fingerprint density at radius 2 is 1.60 bits per heavy atom. The molecule has 3 rings (SSSR count). The minimum absolute atomic E-state index is 0.412. The van der Waals surface area contributed by atoms with Crippen molar-refractivity contribution in [1.82, 2.24) is 0 Å². The molecule has 3 aromatic rings. The zero-order chi connectivity index (χ0) is 21.3. The van der Waals surface area contributed by atoms with Gasteiger partial charge in [-0.05, 0) is 89.4 Å². The lowest BCUT2D eigenvalue weighted by molar-refractivity contribution is 0.267. The summed E-state index contributed by atoms with van der Waals surface area (Å²) in [6, 6.07) is 19.1. The van der Waals surface area contributed by atoms with Crippen molar-refractivity contribution in [3.63, 3.8) is 0 Å². The predicted octanol–water partition coefficient (Wildman–Crippen LogP) is 7.23. The average molecular weight is 489 g/mol. The molecule has 0 aliphatic heterocycles. The molecule has 0 aliphatic carbocycles. The molecule has 3 aromatic carbocycles. The Bertz CT molecular complexity index is 989. The SMILES string of the molecule is CCOc1ccc(N=Cc2cc(Br)c(OCc3ccc(Cl)cc3)c(OCC)c2)cc1. The number of hydrogen-bond donors (Lipinski definition) is 0. The van der Waals surface area contributed by atoms with Gasteiger partial charge < -0.3 is 14.2 Å². The van der Waals surface area contributed by atoms with Crippen LogP contribution >= 0.6 is 27.5 Å². The van der Waals surface area contributed by atoms with Gasteiger partial charge in [0.1, 0.15) is 12.4 Å². The maximum Gasteiger partial charge on any atom is 0.175 e. The van der Waals surface area contributed by atoms with E-state index in [1.807, 2.05) is 74.5 Å². The summed E-state index contributed by atoms with van der Waals surface area (Å²) < 4.78 is 18.1. The standard InChI is InChI=1S/C24H23BrClNO3/c1-3-28-21-11-9-20(10-12-21)27-15-18-13-22(25)24(23(14-18)29-4-2)30-16-17-5-7-19(26)8-6-17/h5-15H,3-4,16H2,1-2H3. The Balaban J connectivity index is 1.76. The molecule has 0 bridgehead atoms. The first-order valence-corrected chi connectivity index (χ1v) is 10.9. The molecule has 0 spiro atoms. The monoisotopic (exact) mass is 487 g/mol. The van der Waals surface area contributed by atoms with Crippen LogP contribution in [0.25, 0.3) is 0 Å². The maximum absolute atomic E-state index is 6.03. The summed E-state index contributed by atoms with van der Waals surface area (Å²) in [5, 5.41) is 0.700. The van der Waals surface area contributed by atoms with E-state index in [2.05, 4.69) is 20.9 Å². The van der Waals surface area contributed by atoms with E-state index in [0.29, 0.717) is 36.3 Å². The molecule has 0 aliphatic rings. The number of aliphatic imine (C=N–C) groups is 1. The normalized spacial score (nSPS) is 10.9. The van der Waals surface area contributed by atoms with Gasteiger partial charge >= 0.3 is 0 Å². The first-order chi connectivity index (χ1) is 14.6. The number of hydrogen-bond acceptors (Lipinski definition) is 4. The molecule has 156 valence electrons. The second-order valence-corrected chi connectivity index (χ2v) is 7.65. The lowest BCUT2D eigenvalue weighted by Gasteiger charge is -2.14. The molecule has 0 heterocycles. The summed E-state index contributed by atoms with van der Waals surface area (Å²) in [6.45, 7) is 5.49. The van der Waals surface area contributed by atoms with E-state index in [1.54, 1.807) is 6.21 Å². The maximum atomic E-state index is 6.03. The van der Waals surface area contributed by atoms with E-state index in [-0.39, 0.29) is 0 Å². The Kier molecular flexibility index (Phi) is 8.17. The molecule has 0 N–H and O–H groups in total. The third-order valence-corrected chi connectivity index (χ3v) is 4.98.